The van der Waals surface area contributed by atoms with Crippen molar-refractivity contribution in [2.75, 3.05) is 6.54 Å². The molecule has 4 rings (SSSR count). The zero-order chi connectivity index (χ0) is 26.0. The summed E-state index contributed by atoms with van der Waals surface area (Å²) < 4.78 is 0. The van der Waals surface area contributed by atoms with Crippen molar-refractivity contribution in [2.24, 2.45) is 5.92 Å². The van der Waals surface area contributed by atoms with Crippen LogP contribution in [0.2, 0.25) is 0 Å². The van der Waals surface area contributed by atoms with Gasteiger partial charge in [-0.15, -0.1) is 0 Å². The van der Waals surface area contributed by atoms with Gasteiger partial charge in [0, 0.05) is 24.4 Å². The number of carbonyl (C=O) groups is 4. The molecule has 37 heavy (non-hydrogen) atoms. The van der Waals surface area contributed by atoms with Crippen molar-refractivity contribution in [1.82, 2.24) is 16.0 Å². The number of nitrogens with one attached hydrogen (secondary N) is 3. The Balaban J connectivity index is 1.46. The third kappa shape index (κ3) is 7.13. The highest BCUT2D eigenvalue weighted by molar-refractivity contribution is 5.98. The Hall–Kier alpha value is -4.26. The number of carbonyl (C=O) groups excluding carboxylic acids is 4. The first-order chi connectivity index (χ1) is 18.0. The fourth-order valence-electron chi connectivity index (χ4n) is 4.54. The van der Waals surface area contributed by atoms with Crippen molar-refractivity contribution in [3.63, 3.8) is 0 Å². The van der Waals surface area contributed by atoms with Crippen molar-refractivity contribution < 1.29 is 19.2 Å². The van der Waals surface area contributed by atoms with Gasteiger partial charge in [-0.3, -0.25) is 14.4 Å². The average molecular weight is 498 g/mol. The van der Waals surface area contributed by atoms with Crippen molar-refractivity contribution >= 4 is 24.0 Å². The molecule has 1 aliphatic heterocycles. The highest BCUT2D eigenvalue weighted by Gasteiger charge is 2.29. The van der Waals surface area contributed by atoms with E-state index in [4.69, 9.17) is 0 Å². The Morgan fingerprint density at radius 2 is 1.54 bits per heavy atom. The lowest BCUT2D eigenvalue weighted by atomic mass is 9.92. The zero-order valence-electron chi connectivity index (χ0n) is 20.6. The minimum Gasteiger partial charge on any atom is -0.356 e. The van der Waals surface area contributed by atoms with Gasteiger partial charge < -0.3 is 20.7 Å². The van der Waals surface area contributed by atoms with Crippen LogP contribution >= 0.6 is 0 Å². The van der Waals surface area contributed by atoms with E-state index < -0.39 is 18.0 Å². The van der Waals surface area contributed by atoms with Crippen LogP contribution in [0.3, 0.4) is 0 Å². The summed E-state index contributed by atoms with van der Waals surface area (Å²) in [4.78, 5) is 50.2. The molecule has 0 saturated carbocycles. The summed E-state index contributed by atoms with van der Waals surface area (Å²) >= 11 is 0. The molecule has 1 fully saturated rings. The summed E-state index contributed by atoms with van der Waals surface area (Å²) in [6, 6.07) is 24.7. The zero-order valence-corrected chi connectivity index (χ0v) is 20.6. The standard InChI is InChI=1S/C30H31N3O4/c34-20-26(19-25-12-7-17-31-28(25)35)32-30(37)27(18-21-8-3-1-4-9-21)33-29(36)24-15-13-23(14-16-24)22-10-5-2-6-11-22/h1-6,8-11,13-16,20,25-27H,7,12,17-19H2,(H,31,35)(H,32,37)(H,33,36)/t25-,26-,27-/m0/s1. The minimum absolute atomic E-state index is 0.0968. The topological polar surface area (TPSA) is 104 Å². The molecule has 3 aromatic rings. The van der Waals surface area contributed by atoms with Gasteiger partial charge in [-0.2, -0.15) is 0 Å². The van der Waals surface area contributed by atoms with Crippen LogP contribution in [0.1, 0.15) is 35.2 Å². The van der Waals surface area contributed by atoms with Crippen LogP contribution in [0.25, 0.3) is 11.1 Å². The molecule has 0 radical (unpaired) electrons. The van der Waals surface area contributed by atoms with Crippen LogP contribution in [0.5, 0.6) is 0 Å². The van der Waals surface area contributed by atoms with Crippen LogP contribution in [0, 0.1) is 5.92 Å². The van der Waals surface area contributed by atoms with E-state index >= 15 is 0 Å². The van der Waals surface area contributed by atoms with E-state index in [1.54, 1.807) is 12.1 Å². The number of hydrogen-bond acceptors (Lipinski definition) is 4. The van der Waals surface area contributed by atoms with Crippen LogP contribution < -0.4 is 16.0 Å². The molecule has 0 bridgehead atoms. The molecule has 3 N–H and O–H groups in total. The maximum atomic E-state index is 13.3. The molecule has 7 nitrogen and oxygen atoms in total. The second-order valence-electron chi connectivity index (χ2n) is 9.28. The number of piperidine rings is 1. The van der Waals surface area contributed by atoms with Crippen molar-refractivity contribution in [3.8, 4) is 11.1 Å². The van der Waals surface area contributed by atoms with Crippen LogP contribution in [-0.2, 0) is 20.8 Å². The summed E-state index contributed by atoms with van der Waals surface area (Å²) in [5.74, 6) is -1.27. The quantitative estimate of drug-likeness (QED) is 0.374. The Kier molecular flexibility index (Phi) is 8.81. The number of benzene rings is 3. The highest BCUT2D eigenvalue weighted by atomic mass is 16.2. The monoisotopic (exact) mass is 497 g/mol. The van der Waals surface area contributed by atoms with Crippen molar-refractivity contribution in [3.05, 3.63) is 96.1 Å². The predicted octanol–water partition coefficient (Wildman–Crippen LogP) is 3.29. The van der Waals surface area contributed by atoms with E-state index in [1.807, 2.05) is 72.8 Å². The fraction of sp³-hybridized carbons (Fsp3) is 0.267. The van der Waals surface area contributed by atoms with Crippen molar-refractivity contribution in [1.29, 1.82) is 0 Å². The molecule has 3 aromatic carbocycles. The van der Waals surface area contributed by atoms with Gasteiger partial charge in [-0.25, -0.2) is 0 Å². The molecule has 1 heterocycles. The molecular formula is C30H31N3O4. The van der Waals surface area contributed by atoms with Gasteiger partial charge in [0.2, 0.25) is 11.8 Å². The first kappa shape index (κ1) is 25.8. The second kappa shape index (κ2) is 12.6. The average Bonchev–Trinajstić information content (AvgIpc) is 2.94. The lowest BCUT2D eigenvalue weighted by Gasteiger charge is -2.26. The number of aldehydes is 1. The SMILES string of the molecule is O=C[C@H](C[C@@H]1CCCNC1=O)NC(=O)[C@H](Cc1ccccc1)NC(=O)c1ccc(-c2ccccc2)cc1. The Morgan fingerprint density at radius 3 is 2.19 bits per heavy atom. The Bertz CT molecular complexity index is 1210. The summed E-state index contributed by atoms with van der Waals surface area (Å²) in [5, 5.41) is 8.38. The van der Waals surface area contributed by atoms with E-state index in [9.17, 15) is 19.2 Å². The lowest BCUT2D eigenvalue weighted by molar-refractivity contribution is -0.129. The first-order valence-corrected chi connectivity index (χ1v) is 12.6. The van der Waals surface area contributed by atoms with Gasteiger partial charge >= 0.3 is 0 Å². The third-order valence-corrected chi connectivity index (χ3v) is 6.59. The van der Waals surface area contributed by atoms with E-state index in [-0.39, 0.29) is 30.6 Å². The molecule has 3 atom stereocenters. The van der Waals surface area contributed by atoms with Gasteiger partial charge in [0.1, 0.15) is 12.3 Å². The van der Waals surface area contributed by atoms with E-state index in [0.717, 1.165) is 23.1 Å². The highest BCUT2D eigenvalue weighted by Crippen LogP contribution is 2.20. The summed E-state index contributed by atoms with van der Waals surface area (Å²) in [5.41, 5.74) is 3.33. The fourth-order valence-corrected chi connectivity index (χ4v) is 4.54. The van der Waals surface area contributed by atoms with E-state index in [2.05, 4.69) is 16.0 Å². The van der Waals surface area contributed by atoms with Crippen LogP contribution in [0.15, 0.2) is 84.9 Å². The maximum absolute atomic E-state index is 13.3. The molecule has 3 amide bonds. The molecule has 190 valence electrons. The first-order valence-electron chi connectivity index (χ1n) is 12.6. The lowest BCUT2D eigenvalue weighted by Crippen LogP contribution is -2.52. The molecule has 7 heteroatoms. The summed E-state index contributed by atoms with van der Waals surface area (Å²) in [6.45, 7) is 0.630. The molecule has 0 aliphatic carbocycles. The van der Waals surface area contributed by atoms with Crippen LogP contribution in [0.4, 0.5) is 0 Å². The van der Waals surface area contributed by atoms with Gasteiger partial charge in [-0.05, 0) is 48.1 Å². The molecular weight excluding hydrogens is 466 g/mol. The number of rotatable bonds is 10. The maximum Gasteiger partial charge on any atom is 0.251 e. The van der Waals surface area contributed by atoms with Gasteiger partial charge in [-0.1, -0.05) is 72.8 Å². The molecule has 1 aliphatic rings. The summed E-state index contributed by atoms with van der Waals surface area (Å²) in [6.07, 6.45) is 2.66. The Morgan fingerprint density at radius 1 is 0.892 bits per heavy atom. The molecule has 0 unspecified atom stereocenters. The smallest absolute Gasteiger partial charge is 0.251 e. The van der Waals surface area contributed by atoms with E-state index in [1.165, 1.54) is 0 Å². The van der Waals surface area contributed by atoms with Gasteiger partial charge in [0.25, 0.3) is 5.91 Å². The number of hydrogen-bond donors (Lipinski definition) is 3. The molecule has 0 spiro atoms. The van der Waals surface area contributed by atoms with Crippen LogP contribution in [-0.4, -0.2) is 42.6 Å². The van der Waals surface area contributed by atoms with Crippen molar-refractivity contribution in [2.45, 2.75) is 37.8 Å². The minimum atomic E-state index is -0.897. The molecule has 1 saturated heterocycles. The number of amides is 3. The van der Waals surface area contributed by atoms with Gasteiger partial charge in [0.05, 0.1) is 6.04 Å². The third-order valence-electron chi connectivity index (χ3n) is 6.59. The molecule has 0 aromatic heterocycles. The summed E-state index contributed by atoms with van der Waals surface area (Å²) in [7, 11) is 0. The van der Waals surface area contributed by atoms with Gasteiger partial charge in [0.15, 0.2) is 0 Å². The Labute approximate surface area is 216 Å². The predicted molar refractivity (Wildman–Crippen MR) is 142 cm³/mol. The largest absolute Gasteiger partial charge is 0.356 e. The van der Waals surface area contributed by atoms with E-state index in [0.29, 0.717) is 24.8 Å². The normalized spacial score (nSPS) is 16.6. The second-order valence-corrected chi connectivity index (χ2v) is 9.28.